The van der Waals surface area contributed by atoms with Crippen LogP contribution in [-0.2, 0) is 30.7 Å². The molecule has 45 heavy (non-hydrogen) atoms. The van der Waals surface area contributed by atoms with E-state index in [9.17, 15) is 18.3 Å². The van der Waals surface area contributed by atoms with Gasteiger partial charge in [0.15, 0.2) is 11.4 Å². The third-order valence-electron chi connectivity index (χ3n) is 8.43. The van der Waals surface area contributed by atoms with Gasteiger partial charge in [-0.2, -0.15) is 4.31 Å². The fourth-order valence-corrected chi connectivity index (χ4v) is 8.65. The minimum atomic E-state index is -3.99. The van der Waals surface area contributed by atoms with Crippen LogP contribution in [0.15, 0.2) is 53.4 Å². The fourth-order valence-electron chi connectivity index (χ4n) is 5.94. The monoisotopic (exact) mass is 658 g/mol. The number of aromatic nitrogens is 1. The predicted molar refractivity (Wildman–Crippen MR) is 172 cm³/mol. The number of amides is 1. The number of nitrogens with zero attached hydrogens (tertiary/aromatic N) is 2. The number of ether oxygens (including phenoxy) is 3. The molecule has 0 radical (unpaired) electrons. The smallest absolute Gasteiger partial charge is 0.407 e. The minimum Gasteiger partial charge on any atom is -0.446 e. The summed E-state index contributed by atoms with van der Waals surface area (Å²) in [4.78, 5) is 18.0. The predicted octanol–water partition coefficient (Wildman–Crippen LogP) is 4.37. The number of anilines is 1. The van der Waals surface area contributed by atoms with E-state index in [1.807, 2.05) is 44.2 Å². The van der Waals surface area contributed by atoms with Gasteiger partial charge in [0.1, 0.15) is 6.10 Å². The molecule has 0 bridgehead atoms. The SMILES string of the molecule is CC(C)CN(C[C@@H](O)[C@H](Cc1ccccc1)NC(=O)O[C@H]1CCO[C@H]2OCC[C@H]21)S(=O)(=O)c1ccc2nc(NC3CC3)sc2c1. The van der Waals surface area contributed by atoms with Crippen LogP contribution in [0.25, 0.3) is 10.2 Å². The molecule has 13 heteroatoms. The van der Waals surface area contributed by atoms with Crippen LogP contribution in [0.4, 0.5) is 9.93 Å². The molecule has 0 unspecified atom stereocenters. The van der Waals surface area contributed by atoms with Crippen molar-refractivity contribution in [2.45, 2.75) is 81.4 Å². The van der Waals surface area contributed by atoms with Crippen LogP contribution in [-0.4, -0.2) is 85.8 Å². The Balaban J connectivity index is 1.20. The number of carbonyl (C=O) groups excluding carboxylic acids is 1. The first-order valence-corrected chi connectivity index (χ1v) is 18.0. The summed E-state index contributed by atoms with van der Waals surface area (Å²) >= 11 is 1.44. The number of aliphatic hydroxyl groups excluding tert-OH is 1. The Kier molecular flexibility index (Phi) is 9.93. The molecule has 3 aromatic rings. The first-order valence-electron chi connectivity index (χ1n) is 15.8. The number of hydrogen-bond donors (Lipinski definition) is 3. The molecular formula is C32H42N4O7S2. The molecule has 2 saturated heterocycles. The van der Waals surface area contributed by atoms with Crippen molar-refractivity contribution >= 4 is 42.8 Å². The van der Waals surface area contributed by atoms with Crippen molar-refractivity contribution in [3.8, 4) is 0 Å². The third-order valence-corrected chi connectivity index (χ3v) is 11.2. The number of aliphatic hydroxyl groups is 1. The molecule has 2 aliphatic heterocycles. The number of alkyl carbamates (subject to hydrolysis) is 1. The van der Waals surface area contributed by atoms with Gasteiger partial charge in [0.25, 0.3) is 0 Å². The van der Waals surface area contributed by atoms with Crippen molar-refractivity contribution in [3.05, 3.63) is 54.1 Å². The molecule has 0 spiro atoms. The Labute approximate surface area is 268 Å². The third kappa shape index (κ3) is 7.95. The lowest BCUT2D eigenvalue weighted by Crippen LogP contribution is -2.52. The molecule has 3 aliphatic rings. The molecule has 5 atom stereocenters. The maximum absolute atomic E-state index is 14.1. The van der Waals surface area contributed by atoms with E-state index >= 15 is 0 Å². The molecule has 3 fully saturated rings. The second kappa shape index (κ2) is 13.9. The quantitative estimate of drug-likeness (QED) is 0.244. The standard InChI is InChI=1S/C32H42N4O7S2/c1-20(2)18-36(45(39,40)23-10-11-25-29(17-23)44-31(34-25)33-22-8-9-22)19-27(37)26(16-21-6-4-3-5-7-21)35-32(38)43-28-13-15-42-30-24(28)12-14-41-30/h3-7,10-11,17,20,22,24,26-28,30,37H,8-9,12-16,18-19H2,1-2H3,(H,33,34)(H,35,38)/t24-,26-,27+,28-,30+/m0/s1. The highest BCUT2D eigenvalue weighted by atomic mass is 32.2. The first-order chi connectivity index (χ1) is 21.7. The zero-order valence-corrected chi connectivity index (χ0v) is 27.3. The molecule has 2 aromatic carbocycles. The van der Waals surface area contributed by atoms with Crippen molar-refractivity contribution in [2.75, 3.05) is 31.6 Å². The van der Waals surface area contributed by atoms with Crippen LogP contribution in [0.5, 0.6) is 0 Å². The summed E-state index contributed by atoms with van der Waals surface area (Å²) in [5.74, 6) is -0.0424. The number of nitrogens with one attached hydrogen (secondary N) is 2. The molecule has 3 N–H and O–H groups in total. The van der Waals surface area contributed by atoms with Crippen molar-refractivity contribution in [1.82, 2.24) is 14.6 Å². The van der Waals surface area contributed by atoms with Crippen molar-refractivity contribution in [1.29, 1.82) is 0 Å². The van der Waals surface area contributed by atoms with E-state index < -0.39 is 28.3 Å². The van der Waals surface area contributed by atoms with Crippen molar-refractivity contribution in [3.63, 3.8) is 0 Å². The van der Waals surface area contributed by atoms with Gasteiger partial charge in [-0.15, -0.1) is 0 Å². The van der Waals surface area contributed by atoms with Gasteiger partial charge in [0.2, 0.25) is 10.0 Å². The Morgan fingerprint density at radius 1 is 1.09 bits per heavy atom. The number of hydrogen-bond acceptors (Lipinski definition) is 10. The van der Waals surface area contributed by atoms with Gasteiger partial charge in [-0.05, 0) is 55.4 Å². The summed E-state index contributed by atoms with van der Waals surface area (Å²) in [6, 6.07) is 14.1. The number of benzene rings is 2. The highest BCUT2D eigenvalue weighted by Gasteiger charge is 2.41. The average molecular weight is 659 g/mol. The largest absolute Gasteiger partial charge is 0.446 e. The van der Waals surface area contributed by atoms with Gasteiger partial charge >= 0.3 is 6.09 Å². The second-order valence-corrected chi connectivity index (χ2v) is 15.6. The maximum Gasteiger partial charge on any atom is 0.407 e. The summed E-state index contributed by atoms with van der Waals surface area (Å²) in [5, 5.41) is 18.6. The summed E-state index contributed by atoms with van der Waals surface area (Å²) in [6.07, 6.45) is 1.22. The lowest BCUT2D eigenvalue weighted by atomic mass is 9.95. The lowest BCUT2D eigenvalue weighted by molar-refractivity contribution is -0.179. The zero-order valence-electron chi connectivity index (χ0n) is 25.6. The molecule has 244 valence electrons. The Hall–Kier alpha value is -2.81. The molecule has 1 amide bonds. The van der Waals surface area contributed by atoms with Crippen LogP contribution in [0, 0.1) is 11.8 Å². The van der Waals surface area contributed by atoms with Crippen LogP contribution in [0.3, 0.4) is 0 Å². The van der Waals surface area contributed by atoms with E-state index in [-0.39, 0.29) is 42.2 Å². The molecule has 1 aromatic heterocycles. The summed E-state index contributed by atoms with van der Waals surface area (Å²) in [7, 11) is -3.99. The number of rotatable bonds is 13. The van der Waals surface area contributed by atoms with Crippen LogP contribution in [0.2, 0.25) is 0 Å². The van der Waals surface area contributed by atoms with Crippen LogP contribution < -0.4 is 10.6 Å². The normalized spacial score (nSPS) is 23.2. The molecular weight excluding hydrogens is 617 g/mol. The van der Waals surface area contributed by atoms with Crippen molar-refractivity contribution in [2.24, 2.45) is 11.8 Å². The second-order valence-electron chi connectivity index (χ2n) is 12.6. The fraction of sp³-hybridized carbons (Fsp3) is 0.562. The molecule has 6 rings (SSSR count). The lowest BCUT2D eigenvalue weighted by Gasteiger charge is -2.33. The Morgan fingerprint density at radius 2 is 1.84 bits per heavy atom. The Morgan fingerprint density at radius 3 is 2.58 bits per heavy atom. The van der Waals surface area contributed by atoms with Gasteiger partial charge in [-0.1, -0.05) is 55.5 Å². The van der Waals surface area contributed by atoms with E-state index in [1.165, 1.54) is 15.6 Å². The van der Waals surface area contributed by atoms with Gasteiger partial charge in [0.05, 0.1) is 40.5 Å². The molecule has 1 aliphatic carbocycles. The van der Waals surface area contributed by atoms with Gasteiger partial charge < -0.3 is 30.0 Å². The summed E-state index contributed by atoms with van der Waals surface area (Å²) in [5.41, 5.74) is 1.63. The van der Waals surface area contributed by atoms with E-state index in [0.29, 0.717) is 32.1 Å². The number of sulfonamides is 1. The number of carbonyl (C=O) groups is 1. The van der Waals surface area contributed by atoms with Crippen molar-refractivity contribution < 1.29 is 32.5 Å². The summed E-state index contributed by atoms with van der Waals surface area (Å²) in [6.45, 7) is 4.85. The van der Waals surface area contributed by atoms with E-state index in [4.69, 9.17) is 14.2 Å². The molecule has 11 nitrogen and oxygen atoms in total. The van der Waals surface area contributed by atoms with E-state index in [0.717, 1.165) is 40.2 Å². The summed E-state index contributed by atoms with van der Waals surface area (Å²) < 4.78 is 47.3. The van der Waals surface area contributed by atoms with Gasteiger partial charge in [-0.25, -0.2) is 18.2 Å². The van der Waals surface area contributed by atoms with E-state index in [1.54, 1.807) is 18.2 Å². The Bertz CT molecular complexity index is 1560. The maximum atomic E-state index is 14.1. The molecule has 1 saturated carbocycles. The highest BCUT2D eigenvalue weighted by Crippen LogP contribution is 2.34. The average Bonchev–Trinajstić information content (AvgIpc) is 3.51. The number of thiazole rings is 1. The van der Waals surface area contributed by atoms with Crippen LogP contribution >= 0.6 is 11.3 Å². The minimum absolute atomic E-state index is 0.00551. The van der Waals surface area contributed by atoms with Crippen LogP contribution in [0.1, 0.15) is 45.1 Å². The first kappa shape index (κ1) is 32.1. The topological polar surface area (TPSA) is 139 Å². The number of fused-ring (bicyclic) bond motifs is 2. The van der Waals surface area contributed by atoms with Gasteiger partial charge in [-0.3, -0.25) is 0 Å². The molecule has 3 heterocycles. The highest BCUT2D eigenvalue weighted by molar-refractivity contribution is 7.89. The zero-order chi connectivity index (χ0) is 31.6. The van der Waals surface area contributed by atoms with E-state index in [2.05, 4.69) is 15.6 Å². The van der Waals surface area contributed by atoms with Gasteiger partial charge in [0, 0.05) is 31.5 Å².